The van der Waals surface area contributed by atoms with Gasteiger partial charge < -0.3 is 14.6 Å². The second-order valence-electron chi connectivity index (χ2n) is 7.35. The maximum atomic E-state index is 12.7. The molecule has 1 aliphatic rings. The Kier molecular flexibility index (Phi) is 4.28. The molecule has 5 heteroatoms. The van der Waals surface area contributed by atoms with Gasteiger partial charge in [-0.05, 0) is 47.5 Å². The summed E-state index contributed by atoms with van der Waals surface area (Å²) in [5, 5.41) is 9.02. The van der Waals surface area contributed by atoms with E-state index in [4.69, 9.17) is 9.26 Å². The van der Waals surface area contributed by atoms with Crippen LogP contribution in [-0.2, 0) is 13.0 Å². The molecule has 1 amide bonds. The molecule has 2 heterocycles. The topological polar surface area (TPSA) is 64.4 Å². The quantitative estimate of drug-likeness (QED) is 0.552. The Morgan fingerprint density at radius 1 is 1.10 bits per heavy atom. The molecule has 0 aliphatic carbocycles. The number of carbonyl (C=O) groups excluding carboxylic acids is 1. The lowest BCUT2D eigenvalue weighted by atomic mass is 10.0. The van der Waals surface area contributed by atoms with E-state index in [1.54, 1.807) is 0 Å². The molecule has 4 aromatic rings. The summed E-state index contributed by atoms with van der Waals surface area (Å²) in [5.41, 5.74) is 3.47. The van der Waals surface area contributed by atoms with Crippen molar-refractivity contribution in [2.24, 2.45) is 0 Å². The summed E-state index contributed by atoms with van der Waals surface area (Å²) in [5.74, 6) is 1.49. The fraction of sp³-hybridized carbons (Fsp3) is 0.167. The first kappa shape index (κ1) is 17.5. The van der Waals surface area contributed by atoms with Gasteiger partial charge in [-0.3, -0.25) is 4.79 Å². The van der Waals surface area contributed by atoms with E-state index in [2.05, 4.69) is 23.5 Å². The molecule has 0 saturated heterocycles. The van der Waals surface area contributed by atoms with Crippen molar-refractivity contribution in [1.82, 2.24) is 10.5 Å². The molecule has 0 spiro atoms. The molecule has 29 heavy (non-hydrogen) atoms. The average molecular weight is 384 g/mol. The minimum Gasteiger partial charge on any atom is -0.490 e. The number of carbonyl (C=O) groups is 1. The molecule has 1 N–H and O–H groups in total. The molecule has 3 aromatic carbocycles. The Bertz CT molecular complexity index is 1210. The predicted octanol–water partition coefficient (Wildman–Crippen LogP) is 4.75. The van der Waals surface area contributed by atoms with Crippen molar-refractivity contribution in [2.75, 3.05) is 0 Å². The zero-order valence-electron chi connectivity index (χ0n) is 16.0. The Labute approximate surface area is 168 Å². The number of amides is 1. The van der Waals surface area contributed by atoms with Crippen molar-refractivity contribution in [3.8, 4) is 17.1 Å². The Morgan fingerprint density at radius 3 is 2.90 bits per heavy atom. The van der Waals surface area contributed by atoms with E-state index in [0.717, 1.165) is 28.5 Å². The first-order chi connectivity index (χ1) is 14.2. The molecule has 0 radical (unpaired) electrons. The molecule has 0 saturated carbocycles. The highest BCUT2D eigenvalue weighted by Gasteiger charge is 2.20. The maximum absolute atomic E-state index is 12.7. The summed E-state index contributed by atoms with van der Waals surface area (Å²) in [6, 6.07) is 21.5. The van der Waals surface area contributed by atoms with Gasteiger partial charge >= 0.3 is 0 Å². The molecule has 0 bridgehead atoms. The molecule has 1 unspecified atom stereocenters. The zero-order valence-corrected chi connectivity index (χ0v) is 16.0. The van der Waals surface area contributed by atoms with Crippen molar-refractivity contribution in [2.45, 2.75) is 26.0 Å². The number of hydrogen-bond donors (Lipinski definition) is 1. The van der Waals surface area contributed by atoms with Crippen LogP contribution in [0, 0.1) is 0 Å². The van der Waals surface area contributed by atoms with Crippen LogP contribution >= 0.6 is 0 Å². The lowest BCUT2D eigenvalue weighted by molar-refractivity contribution is 0.0951. The predicted molar refractivity (Wildman–Crippen MR) is 111 cm³/mol. The lowest BCUT2D eigenvalue weighted by Gasteiger charge is -2.06. The van der Waals surface area contributed by atoms with E-state index in [1.165, 1.54) is 5.56 Å². The number of aromatic nitrogens is 1. The summed E-state index contributed by atoms with van der Waals surface area (Å²) in [4.78, 5) is 12.7. The van der Waals surface area contributed by atoms with Crippen molar-refractivity contribution in [3.05, 3.63) is 83.6 Å². The fourth-order valence-corrected chi connectivity index (χ4v) is 3.80. The normalized spacial score (nSPS) is 15.1. The third-order valence-corrected chi connectivity index (χ3v) is 5.20. The SMILES string of the molecule is CC1Cc2cc(-c3cc(CNC(=O)c4cccc5ccccc45)no3)ccc2O1. The highest BCUT2D eigenvalue weighted by atomic mass is 16.5. The minimum atomic E-state index is -0.130. The number of hydrogen-bond acceptors (Lipinski definition) is 4. The van der Waals surface area contributed by atoms with E-state index in [1.807, 2.05) is 60.7 Å². The van der Waals surface area contributed by atoms with Crippen molar-refractivity contribution >= 4 is 16.7 Å². The van der Waals surface area contributed by atoms with Gasteiger partial charge in [0.2, 0.25) is 0 Å². The molecular weight excluding hydrogens is 364 g/mol. The number of nitrogens with one attached hydrogen (secondary N) is 1. The maximum Gasteiger partial charge on any atom is 0.252 e. The van der Waals surface area contributed by atoms with Gasteiger partial charge in [0.25, 0.3) is 5.91 Å². The first-order valence-electron chi connectivity index (χ1n) is 9.69. The first-order valence-corrected chi connectivity index (χ1v) is 9.69. The fourth-order valence-electron chi connectivity index (χ4n) is 3.80. The molecule has 0 fully saturated rings. The van der Waals surface area contributed by atoms with Crippen LogP contribution in [0.4, 0.5) is 0 Å². The molecule has 1 atom stereocenters. The number of nitrogens with zero attached hydrogens (tertiary/aromatic N) is 1. The van der Waals surface area contributed by atoms with Gasteiger partial charge in [0, 0.05) is 23.6 Å². The second kappa shape index (κ2) is 7.09. The van der Waals surface area contributed by atoms with E-state index >= 15 is 0 Å². The minimum absolute atomic E-state index is 0.130. The van der Waals surface area contributed by atoms with Crippen molar-refractivity contribution < 1.29 is 14.1 Å². The molecule has 144 valence electrons. The Morgan fingerprint density at radius 2 is 1.97 bits per heavy atom. The van der Waals surface area contributed by atoms with Crippen LogP contribution in [0.5, 0.6) is 5.75 Å². The number of benzene rings is 3. The average Bonchev–Trinajstić information content (AvgIpc) is 3.36. The highest BCUT2D eigenvalue weighted by Crippen LogP contribution is 2.33. The molecule has 5 rings (SSSR count). The third kappa shape index (κ3) is 3.36. The van der Waals surface area contributed by atoms with Crippen LogP contribution in [0.1, 0.15) is 28.5 Å². The van der Waals surface area contributed by atoms with Gasteiger partial charge in [0.15, 0.2) is 5.76 Å². The second-order valence-corrected chi connectivity index (χ2v) is 7.35. The number of rotatable bonds is 4. The smallest absolute Gasteiger partial charge is 0.252 e. The standard InChI is InChI=1S/C24H20N2O3/c1-15-11-18-12-17(9-10-22(18)28-15)23-13-19(26-29-23)14-25-24(27)21-8-4-6-16-5-2-3-7-20(16)21/h2-10,12-13,15H,11,14H2,1H3,(H,25,27). The van der Waals surface area contributed by atoms with E-state index < -0.39 is 0 Å². The Hall–Kier alpha value is -3.60. The molecule has 1 aromatic heterocycles. The summed E-state index contributed by atoms with van der Waals surface area (Å²) in [6.45, 7) is 2.36. The summed E-state index contributed by atoms with van der Waals surface area (Å²) < 4.78 is 11.3. The van der Waals surface area contributed by atoms with Gasteiger partial charge in [-0.15, -0.1) is 0 Å². The van der Waals surface area contributed by atoms with Crippen LogP contribution in [0.3, 0.4) is 0 Å². The van der Waals surface area contributed by atoms with Gasteiger partial charge in [0.05, 0.1) is 6.54 Å². The van der Waals surface area contributed by atoms with E-state index in [-0.39, 0.29) is 12.0 Å². The lowest BCUT2D eigenvalue weighted by Crippen LogP contribution is -2.23. The zero-order chi connectivity index (χ0) is 19.8. The van der Waals surface area contributed by atoms with Crippen LogP contribution in [0.15, 0.2) is 71.3 Å². The van der Waals surface area contributed by atoms with E-state index in [9.17, 15) is 4.79 Å². The van der Waals surface area contributed by atoms with E-state index in [0.29, 0.717) is 23.6 Å². The Balaban J connectivity index is 1.31. The van der Waals surface area contributed by atoms with Crippen LogP contribution in [0.2, 0.25) is 0 Å². The van der Waals surface area contributed by atoms with Crippen LogP contribution in [0.25, 0.3) is 22.1 Å². The van der Waals surface area contributed by atoms with Crippen LogP contribution < -0.4 is 10.1 Å². The van der Waals surface area contributed by atoms with Crippen LogP contribution in [-0.4, -0.2) is 17.2 Å². The van der Waals surface area contributed by atoms with Crippen molar-refractivity contribution in [3.63, 3.8) is 0 Å². The third-order valence-electron chi connectivity index (χ3n) is 5.20. The molecule has 1 aliphatic heterocycles. The highest BCUT2D eigenvalue weighted by molar-refractivity contribution is 6.06. The number of ether oxygens (including phenoxy) is 1. The van der Waals surface area contributed by atoms with Gasteiger partial charge in [-0.2, -0.15) is 0 Å². The summed E-state index contributed by atoms with van der Waals surface area (Å²) in [7, 11) is 0. The summed E-state index contributed by atoms with van der Waals surface area (Å²) >= 11 is 0. The monoisotopic (exact) mass is 384 g/mol. The summed E-state index contributed by atoms with van der Waals surface area (Å²) in [6.07, 6.45) is 1.10. The van der Waals surface area contributed by atoms with Gasteiger partial charge in [-0.1, -0.05) is 41.6 Å². The van der Waals surface area contributed by atoms with Crippen molar-refractivity contribution in [1.29, 1.82) is 0 Å². The largest absolute Gasteiger partial charge is 0.490 e. The van der Waals surface area contributed by atoms with Gasteiger partial charge in [0.1, 0.15) is 17.5 Å². The molecule has 5 nitrogen and oxygen atoms in total. The number of fused-ring (bicyclic) bond motifs is 2. The van der Waals surface area contributed by atoms with Gasteiger partial charge in [-0.25, -0.2) is 0 Å². The molecular formula is C24H20N2O3.